The zero-order chi connectivity index (χ0) is 13.0. The van der Waals surface area contributed by atoms with E-state index in [2.05, 4.69) is 9.71 Å². The van der Waals surface area contributed by atoms with Crippen molar-refractivity contribution in [3.05, 3.63) is 24.1 Å². The molecule has 1 aromatic heterocycles. The SMILES string of the molecule is O=S(=O)(NCCC1CCCC1)c1ncccc1F. The summed E-state index contributed by atoms with van der Waals surface area (Å²) >= 11 is 0. The van der Waals surface area contributed by atoms with Gasteiger partial charge >= 0.3 is 0 Å². The number of sulfonamides is 1. The molecule has 1 aliphatic carbocycles. The highest BCUT2D eigenvalue weighted by molar-refractivity contribution is 7.89. The molecule has 0 aliphatic heterocycles. The van der Waals surface area contributed by atoms with Gasteiger partial charge in [0.1, 0.15) is 0 Å². The van der Waals surface area contributed by atoms with E-state index in [-0.39, 0.29) is 0 Å². The van der Waals surface area contributed by atoms with Gasteiger partial charge in [-0.15, -0.1) is 0 Å². The number of nitrogens with one attached hydrogen (secondary N) is 1. The zero-order valence-corrected chi connectivity index (χ0v) is 10.9. The van der Waals surface area contributed by atoms with Gasteiger partial charge in [-0.3, -0.25) is 0 Å². The molecular formula is C12H17FN2O2S. The van der Waals surface area contributed by atoms with Gasteiger partial charge in [0, 0.05) is 12.7 Å². The van der Waals surface area contributed by atoms with Crippen LogP contribution < -0.4 is 4.72 Å². The van der Waals surface area contributed by atoms with Crippen LogP contribution in [0.4, 0.5) is 4.39 Å². The highest BCUT2D eigenvalue weighted by atomic mass is 32.2. The van der Waals surface area contributed by atoms with Crippen molar-refractivity contribution in [2.45, 2.75) is 37.1 Å². The second-order valence-corrected chi connectivity index (χ2v) is 6.31. The first-order valence-electron chi connectivity index (χ1n) is 6.20. The summed E-state index contributed by atoms with van der Waals surface area (Å²) in [6.07, 6.45) is 6.88. The molecule has 1 heterocycles. The van der Waals surface area contributed by atoms with Crippen LogP contribution in [0.1, 0.15) is 32.1 Å². The normalized spacial score (nSPS) is 17.2. The van der Waals surface area contributed by atoms with Crippen LogP contribution in [0.2, 0.25) is 0 Å². The lowest BCUT2D eigenvalue weighted by Gasteiger charge is -2.10. The molecule has 4 nitrogen and oxygen atoms in total. The number of hydrogen-bond acceptors (Lipinski definition) is 3. The first-order chi connectivity index (χ1) is 8.59. The maximum atomic E-state index is 13.3. The van der Waals surface area contributed by atoms with E-state index in [0.29, 0.717) is 12.5 Å². The Kier molecular flexibility index (Phi) is 4.29. The van der Waals surface area contributed by atoms with Gasteiger partial charge < -0.3 is 0 Å². The minimum absolute atomic E-state index is 0.350. The molecule has 18 heavy (non-hydrogen) atoms. The maximum Gasteiger partial charge on any atom is 0.261 e. The molecule has 0 amide bonds. The van der Waals surface area contributed by atoms with E-state index >= 15 is 0 Å². The van der Waals surface area contributed by atoms with Crippen molar-refractivity contribution in [2.24, 2.45) is 5.92 Å². The number of halogens is 1. The van der Waals surface area contributed by atoms with Gasteiger partial charge in [-0.1, -0.05) is 25.7 Å². The molecule has 0 saturated heterocycles. The molecule has 0 atom stereocenters. The third-order valence-electron chi connectivity index (χ3n) is 3.30. The Labute approximate surface area is 107 Å². The predicted molar refractivity (Wildman–Crippen MR) is 66.0 cm³/mol. The van der Waals surface area contributed by atoms with Crippen LogP contribution in [0.25, 0.3) is 0 Å². The fourth-order valence-corrected chi connectivity index (χ4v) is 3.38. The Morgan fingerprint density at radius 1 is 1.39 bits per heavy atom. The summed E-state index contributed by atoms with van der Waals surface area (Å²) in [4.78, 5) is 3.57. The summed E-state index contributed by atoms with van der Waals surface area (Å²) in [6, 6.07) is 2.46. The average molecular weight is 272 g/mol. The summed E-state index contributed by atoms with van der Waals surface area (Å²) in [5, 5.41) is -0.517. The van der Waals surface area contributed by atoms with Gasteiger partial charge in [0.2, 0.25) is 5.03 Å². The molecule has 1 fully saturated rings. The van der Waals surface area contributed by atoms with Crippen molar-refractivity contribution in [1.82, 2.24) is 9.71 Å². The smallest absolute Gasteiger partial charge is 0.241 e. The monoisotopic (exact) mass is 272 g/mol. The molecule has 1 saturated carbocycles. The third-order valence-corrected chi connectivity index (χ3v) is 4.69. The highest BCUT2D eigenvalue weighted by Gasteiger charge is 2.21. The lowest BCUT2D eigenvalue weighted by molar-refractivity contribution is 0.492. The zero-order valence-electron chi connectivity index (χ0n) is 10.1. The molecule has 1 N–H and O–H groups in total. The fourth-order valence-electron chi connectivity index (χ4n) is 2.33. The van der Waals surface area contributed by atoms with Gasteiger partial charge in [-0.05, 0) is 24.5 Å². The number of nitrogens with zero attached hydrogens (tertiary/aromatic N) is 1. The second kappa shape index (κ2) is 5.75. The maximum absolute atomic E-state index is 13.3. The number of hydrogen-bond donors (Lipinski definition) is 1. The molecule has 100 valence electrons. The molecule has 6 heteroatoms. The van der Waals surface area contributed by atoms with E-state index in [1.54, 1.807) is 0 Å². The Balaban J connectivity index is 1.93. The highest BCUT2D eigenvalue weighted by Crippen LogP contribution is 2.27. The Morgan fingerprint density at radius 2 is 2.11 bits per heavy atom. The van der Waals surface area contributed by atoms with E-state index in [1.165, 1.54) is 37.9 Å². The van der Waals surface area contributed by atoms with Gasteiger partial charge in [0.25, 0.3) is 10.0 Å². The molecule has 1 aromatic rings. The summed E-state index contributed by atoms with van der Waals surface area (Å²) < 4.78 is 39.4. The van der Waals surface area contributed by atoms with Crippen molar-refractivity contribution < 1.29 is 12.8 Å². The second-order valence-electron chi connectivity index (χ2n) is 4.63. The summed E-state index contributed by atoms with van der Waals surface area (Å²) in [5.41, 5.74) is 0. The van der Waals surface area contributed by atoms with Crippen LogP contribution in [0, 0.1) is 11.7 Å². The molecule has 0 unspecified atom stereocenters. The van der Waals surface area contributed by atoms with Crippen LogP contribution >= 0.6 is 0 Å². The summed E-state index contributed by atoms with van der Waals surface area (Å²) in [5.74, 6) is -0.216. The van der Waals surface area contributed by atoms with Crippen molar-refractivity contribution in [3.8, 4) is 0 Å². The first kappa shape index (κ1) is 13.4. The number of aromatic nitrogens is 1. The molecule has 1 aliphatic rings. The minimum Gasteiger partial charge on any atom is -0.241 e. The van der Waals surface area contributed by atoms with Crippen molar-refractivity contribution in [3.63, 3.8) is 0 Å². The Hall–Kier alpha value is -1.01. The third kappa shape index (κ3) is 3.26. The van der Waals surface area contributed by atoms with Crippen LogP contribution in [0.15, 0.2) is 23.4 Å². The van der Waals surface area contributed by atoms with Crippen molar-refractivity contribution in [1.29, 1.82) is 0 Å². The van der Waals surface area contributed by atoms with Crippen molar-refractivity contribution >= 4 is 10.0 Å². The first-order valence-corrected chi connectivity index (χ1v) is 7.68. The molecular weight excluding hydrogens is 255 g/mol. The number of rotatable bonds is 5. The van der Waals surface area contributed by atoms with E-state index < -0.39 is 20.9 Å². The molecule has 0 radical (unpaired) electrons. The lowest BCUT2D eigenvalue weighted by atomic mass is 10.1. The topological polar surface area (TPSA) is 59.1 Å². The quantitative estimate of drug-likeness (QED) is 0.892. The van der Waals surface area contributed by atoms with Gasteiger partial charge in [-0.25, -0.2) is 22.5 Å². The van der Waals surface area contributed by atoms with E-state index in [0.717, 1.165) is 12.5 Å². The standard InChI is InChI=1S/C12H17FN2O2S/c13-11-6-3-8-14-12(11)18(16,17)15-9-7-10-4-1-2-5-10/h3,6,8,10,15H,1-2,4-5,7,9H2. The van der Waals surface area contributed by atoms with Crippen LogP contribution in [0.5, 0.6) is 0 Å². The summed E-state index contributed by atoms with van der Waals surface area (Å²) in [7, 11) is -3.82. The molecule has 0 spiro atoms. The van der Waals surface area contributed by atoms with E-state index in [1.807, 2.05) is 0 Å². The van der Waals surface area contributed by atoms with Gasteiger partial charge in [-0.2, -0.15) is 0 Å². The van der Waals surface area contributed by atoms with Crippen LogP contribution in [0.3, 0.4) is 0 Å². The van der Waals surface area contributed by atoms with Gasteiger partial charge in [0.05, 0.1) is 0 Å². The average Bonchev–Trinajstić information content (AvgIpc) is 2.82. The van der Waals surface area contributed by atoms with Crippen LogP contribution in [-0.4, -0.2) is 19.9 Å². The van der Waals surface area contributed by atoms with Gasteiger partial charge in [0.15, 0.2) is 5.82 Å². The Morgan fingerprint density at radius 3 is 2.78 bits per heavy atom. The molecule has 0 bridgehead atoms. The largest absolute Gasteiger partial charge is 0.261 e. The molecule has 0 aromatic carbocycles. The van der Waals surface area contributed by atoms with E-state index in [4.69, 9.17) is 0 Å². The molecule has 2 rings (SSSR count). The summed E-state index contributed by atoms with van der Waals surface area (Å²) in [6.45, 7) is 0.350. The van der Waals surface area contributed by atoms with Crippen LogP contribution in [-0.2, 0) is 10.0 Å². The lowest BCUT2D eigenvalue weighted by Crippen LogP contribution is -2.27. The van der Waals surface area contributed by atoms with Crippen molar-refractivity contribution in [2.75, 3.05) is 6.54 Å². The fraction of sp³-hybridized carbons (Fsp3) is 0.583. The predicted octanol–water partition coefficient (Wildman–Crippen LogP) is 2.08. The minimum atomic E-state index is -3.82. The number of pyridine rings is 1. The Bertz CT molecular complexity index is 499. The van der Waals surface area contributed by atoms with E-state index in [9.17, 15) is 12.8 Å².